The molecular weight excluding hydrogens is 398 g/mol. The Morgan fingerprint density at radius 1 is 1.29 bits per heavy atom. The average molecular weight is 420 g/mol. The Bertz CT molecular complexity index is 1160. The van der Waals surface area contributed by atoms with Crippen molar-refractivity contribution < 1.29 is 4.79 Å². The zero-order chi connectivity index (χ0) is 20.4. The van der Waals surface area contributed by atoms with E-state index in [0.717, 1.165) is 21.2 Å². The molecule has 0 spiro atoms. The number of thiophene rings is 1. The van der Waals surface area contributed by atoms with Gasteiger partial charge in [0.25, 0.3) is 5.56 Å². The Morgan fingerprint density at radius 3 is 2.71 bits per heavy atom. The van der Waals surface area contributed by atoms with Crippen LogP contribution in [0.3, 0.4) is 0 Å². The van der Waals surface area contributed by atoms with Gasteiger partial charge in [0, 0.05) is 23.9 Å². The Kier molecular flexibility index (Phi) is 5.99. The number of fused-ring (bicyclic) bond motifs is 1. The van der Waals surface area contributed by atoms with Crippen LogP contribution in [0.4, 0.5) is 5.82 Å². The third-order valence-corrected chi connectivity index (χ3v) is 6.53. The highest BCUT2D eigenvalue weighted by Crippen LogP contribution is 2.31. The predicted octanol–water partition coefficient (Wildman–Crippen LogP) is 2.08. The highest BCUT2D eigenvalue weighted by Gasteiger charge is 2.22. The summed E-state index contributed by atoms with van der Waals surface area (Å²) < 4.78 is 2.20. The number of thioether (sulfide) groups is 1. The van der Waals surface area contributed by atoms with Gasteiger partial charge in [0.15, 0.2) is 5.78 Å². The second kappa shape index (κ2) is 8.27. The predicted molar refractivity (Wildman–Crippen MR) is 112 cm³/mol. The quantitative estimate of drug-likeness (QED) is 0.354. The molecule has 8 nitrogen and oxygen atoms in total. The Labute approximate surface area is 169 Å². The molecule has 0 aromatic carbocycles. The first-order valence-corrected chi connectivity index (χ1v) is 10.7. The summed E-state index contributed by atoms with van der Waals surface area (Å²) in [7, 11) is 1.35. The number of hydrogen-bond acceptors (Lipinski definition) is 8. The molecule has 0 saturated heterocycles. The Morgan fingerprint density at radius 2 is 2.04 bits per heavy atom. The maximum absolute atomic E-state index is 12.8. The van der Waals surface area contributed by atoms with E-state index in [2.05, 4.69) is 16.9 Å². The van der Waals surface area contributed by atoms with Gasteiger partial charge in [-0.3, -0.25) is 18.7 Å². The summed E-state index contributed by atoms with van der Waals surface area (Å²) in [6.45, 7) is 4.30. The second-order valence-electron chi connectivity index (χ2n) is 6.23. The first-order valence-electron chi connectivity index (χ1n) is 8.87. The third kappa shape index (κ3) is 3.61. The third-order valence-electron chi connectivity index (χ3n) is 4.34. The fourth-order valence-electron chi connectivity index (χ4n) is 2.86. The molecule has 2 N–H and O–H groups in total. The van der Waals surface area contributed by atoms with Crippen molar-refractivity contribution >= 4 is 44.9 Å². The van der Waals surface area contributed by atoms with E-state index in [1.165, 1.54) is 34.6 Å². The van der Waals surface area contributed by atoms with Gasteiger partial charge in [-0.25, -0.2) is 14.8 Å². The highest BCUT2D eigenvalue weighted by atomic mass is 32.2. The zero-order valence-electron chi connectivity index (χ0n) is 15.9. The van der Waals surface area contributed by atoms with Gasteiger partial charge in [0.05, 0.1) is 5.75 Å². The van der Waals surface area contributed by atoms with E-state index in [-0.39, 0.29) is 17.1 Å². The number of nitrogens with zero attached hydrogens (tertiary/aromatic N) is 4. The van der Waals surface area contributed by atoms with Crippen molar-refractivity contribution in [1.29, 1.82) is 0 Å². The molecule has 0 fully saturated rings. The molecule has 0 aliphatic carbocycles. The minimum absolute atomic E-state index is 0.00676. The molecule has 0 radical (unpaired) electrons. The van der Waals surface area contributed by atoms with Gasteiger partial charge >= 0.3 is 5.69 Å². The molecule has 28 heavy (non-hydrogen) atoms. The molecule has 0 aliphatic heterocycles. The molecule has 0 bridgehead atoms. The summed E-state index contributed by atoms with van der Waals surface area (Å²) in [5.74, 6) is -0.504. The van der Waals surface area contributed by atoms with Crippen LogP contribution in [0, 0.1) is 0 Å². The van der Waals surface area contributed by atoms with Gasteiger partial charge in [-0.2, -0.15) is 0 Å². The van der Waals surface area contributed by atoms with Gasteiger partial charge in [0.2, 0.25) is 0 Å². The Balaban J connectivity index is 1.93. The summed E-state index contributed by atoms with van der Waals surface area (Å²) in [4.78, 5) is 48.2. The molecule has 10 heteroatoms. The lowest BCUT2D eigenvalue weighted by Gasteiger charge is -2.13. The number of aromatic nitrogens is 4. The molecule has 3 rings (SSSR count). The second-order valence-corrected chi connectivity index (χ2v) is 8.31. The minimum atomic E-state index is -0.669. The van der Waals surface area contributed by atoms with E-state index < -0.39 is 17.0 Å². The standard InChI is InChI=1S/C18H21N5O3S2/c1-4-6-23-14(19)13(17(25)22(3)18(23)26)12(24)8-27-15-11-7-10(5-2)28-16(11)21-9-20-15/h7,9H,4-6,8,19H2,1-3H3. The summed E-state index contributed by atoms with van der Waals surface area (Å²) in [5.41, 5.74) is 4.69. The van der Waals surface area contributed by atoms with Crippen LogP contribution in [0.25, 0.3) is 10.2 Å². The number of carbonyl (C=O) groups is 1. The summed E-state index contributed by atoms with van der Waals surface area (Å²) in [6.07, 6.45) is 3.02. The van der Waals surface area contributed by atoms with Crippen LogP contribution in [0.2, 0.25) is 0 Å². The van der Waals surface area contributed by atoms with E-state index in [1.54, 1.807) is 11.3 Å². The van der Waals surface area contributed by atoms with Crippen molar-refractivity contribution in [3.63, 3.8) is 0 Å². The first-order chi connectivity index (χ1) is 13.4. The Hall–Kier alpha value is -2.46. The van der Waals surface area contributed by atoms with Gasteiger partial charge in [-0.15, -0.1) is 11.3 Å². The van der Waals surface area contributed by atoms with Crippen molar-refractivity contribution in [3.05, 3.63) is 43.7 Å². The number of carbonyl (C=O) groups excluding carboxylic acids is 1. The fraction of sp³-hybridized carbons (Fsp3) is 0.389. The minimum Gasteiger partial charge on any atom is -0.384 e. The van der Waals surface area contributed by atoms with E-state index in [0.29, 0.717) is 18.0 Å². The molecule has 0 amide bonds. The molecule has 3 heterocycles. The van der Waals surface area contributed by atoms with Gasteiger partial charge < -0.3 is 5.73 Å². The van der Waals surface area contributed by atoms with Gasteiger partial charge in [-0.1, -0.05) is 25.6 Å². The lowest BCUT2D eigenvalue weighted by atomic mass is 10.2. The van der Waals surface area contributed by atoms with Crippen LogP contribution in [0.15, 0.2) is 27.0 Å². The first kappa shape index (κ1) is 20.3. The van der Waals surface area contributed by atoms with Crippen LogP contribution in [-0.2, 0) is 20.0 Å². The molecule has 0 saturated carbocycles. The van der Waals surface area contributed by atoms with Crippen molar-refractivity contribution in [1.82, 2.24) is 19.1 Å². The van der Waals surface area contributed by atoms with E-state index in [9.17, 15) is 14.4 Å². The van der Waals surface area contributed by atoms with E-state index in [1.807, 2.05) is 13.0 Å². The number of anilines is 1. The van der Waals surface area contributed by atoms with Crippen molar-refractivity contribution in [3.8, 4) is 0 Å². The number of hydrogen-bond donors (Lipinski definition) is 1. The molecule has 148 valence electrons. The fourth-order valence-corrected chi connectivity index (χ4v) is 4.71. The van der Waals surface area contributed by atoms with Crippen molar-refractivity contribution in [2.45, 2.75) is 38.3 Å². The number of ketones is 1. The molecule has 0 atom stereocenters. The molecule has 0 unspecified atom stereocenters. The monoisotopic (exact) mass is 419 g/mol. The smallest absolute Gasteiger partial charge is 0.332 e. The van der Waals surface area contributed by atoms with E-state index in [4.69, 9.17) is 5.73 Å². The largest absolute Gasteiger partial charge is 0.384 e. The number of Topliss-reactive ketones (excluding diaryl/α,β-unsaturated/α-hetero) is 1. The number of nitrogen functional groups attached to an aromatic ring is 1. The van der Waals surface area contributed by atoms with Gasteiger partial charge in [0.1, 0.15) is 27.6 Å². The number of rotatable bonds is 7. The summed E-state index contributed by atoms with van der Waals surface area (Å²) >= 11 is 2.84. The highest BCUT2D eigenvalue weighted by molar-refractivity contribution is 8.00. The molecule has 0 aliphatic rings. The molecule has 3 aromatic rings. The molecule has 3 aromatic heterocycles. The van der Waals surface area contributed by atoms with Crippen LogP contribution in [0.5, 0.6) is 0 Å². The number of nitrogens with two attached hydrogens (primary N) is 1. The SMILES string of the molecule is CCCn1c(N)c(C(=O)CSc2ncnc3sc(CC)cc23)c(=O)n(C)c1=O. The zero-order valence-corrected chi connectivity index (χ0v) is 17.5. The summed E-state index contributed by atoms with van der Waals surface area (Å²) in [6, 6.07) is 2.03. The topological polar surface area (TPSA) is 113 Å². The van der Waals surface area contributed by atoms with E-state index >= 15 is 0 Å². The normalized spacial score (nSPS) is 11.2. The van der Waals surface area contributed by atoms with Crippen LogP contribution in [-0.4, -0.2) is 30.6 Å². The van der Waals surface area contributed by atoms with Crippen LogP contribution < -0.4 is 17.0 Å². The van der Waals surface area contributed by atoms with Crippen LogP contribution >= 0.6 is 23.1 Å². The maximum atomic E-state index is 12.8. The van der Waals surface area contributed by atoms with Gasteiger partial charge in [-0.05, 0) is 18.9 Å². The van der Waals surface area contributed by atoms with Crippen molar-refractivity contribution in [2.75, 3.05) is 11.5 Å². The lowest BCUT2D eigenvalue weighted by Crippen LogP contribution is -2.42. The average Bonchev–Trinajstić information content (AvgIpc) is 3.12. The lowest BCUT2D eigenvalue weighted by molar-refractivity contribution is 0.102. The van der Waals surface area contributed by atoms with Crippen molar-refractivity contribution in [2.24, 2.45) is 7.05 Å². The molecular formula is C18H21N5O3S2. The van der Waals surface area contributed by atoms with Crippen LogP contribution in [0.1, 0.15) is 35.5 Å². The summed E-state index contributed by atoms with van der Waals surface area (Å²) in [5, 5.41) is 1.59. The number of aryl methyl sites for hydroxylation is 1. The maximum Gasteiger partial charge on any atom is 0.332 e.